The fourth-order valence-electron chi connectivity index (χ4n) is 2.35. The van der Waals surface area contributed by atoms with Crippen LogP contribution in [0.5, 0.6) is 0 Å². The van der Waals surface area contributed by atoms with Crippen LogP contribution in [-0.2, 0) is 10.0 Å². The summed E-state index contributed by atoms with van der Waals surface area (Å²) in [4.78, 5) is 3.06. The fraction of sp³-hybridized carbons (Fsp3) is 0.467. The molecule has 0 saturated heterocycles. The predicted octanol–water partition coefficient (Wildman–Crippen LogP) is 2.36. The summed E-state index contributed by atoms with van der Waals surface area (Å²) in [5.41, 5.74) is 1.04. The normalized spacial score (nSPS) is 22.4. The number of hydrogen-bond acceptors (Lipinski definition) is 5. The summed E-state index contributed by atoms with van der Waals surface area (Å²) in [5.74, 6) is -0.596. The summed E-state index contributed by atoms with van der Waals surface area (Å²) in [6.07, 6.45) is 1.17. The monoisotopic (exact) mass is 341 g/mol. The Hall–Kier alpha value is -1.18. The Balaban J connectivity index is 2.34. The molecule has 122 valence electrons. The molecule has 1 heterocycles. The van der Waals surface area contributed by atoms with Gasteiger partial charge in [0.25, 0.3) is 0 Å². The van der Waals surface area contributed by atoms with Crippen molar-refractivity contribution in [2.45, 2.75) is 31.5 Å². The molecule has 1 aromatic rings. The number of rotatable bonds is 5. The molecule has 1 atom stereocenters. The molecule has 1 aliphatic rings. The summed E-state index contributed by atoms with van der Waals surface area (Å²) in [6.45, 7) is 6.01. The van der Waals surface area contributed by atoms with E-state index >= 15 is 0 Å². The minimum atomic E-state index is -3.33. The first-order valence-electron chi connectivity index (χ1n) is 7.10. The molecular formula is C15H23N3O2S2. The van der Waals surface area contributed by atoms with E-state index in [0.717, 1.165) is 15.6 Å². The molecule has 7 heteroatoms. The van der Waals surface area contributed by atoms with Gasteiger partial charge in [-0.3, -0.25) is 0 Å². The van der Waals surface area contributed by atoms with E-state index in [1.165, 1.54) is 6.26 Å². The van der Waals surface area contributed by atoms with Crippen LogP contribution in [0.25, 0.3) is 0 Å². The molecule has 0 spiro atoms. The Bertz CT molecular complexity index is 671. The zero-order chi connectivity index (χ0) is 16.5. The van der Waals surface area contributed by atoms with Crippen molar-refractivity contribution in [1.29, 1.82) is 0 Å². The van der Waals surface area contributed by atoms with Gasteiger partial charge in [0.1, 0.15) is 0 Å². The van der Waals surface area contributed by atoms with E-state index in [1.807, 2.05) is 49.2 Å². The first-order valence-corrected chi connectivity index (χ1v) is 9.81. The van der Waals surface area contributed by atoms with E-state index < -0.39 is 15.8 Å². The molecule has 0 aromatic heterocycles. The zero-order valence-corrected chi connectivity index (χ0v) is 15.2. The van der Waals surface area contributed by atoms with Gasteiger partial charge in [0.05, 0.1) is 11.3 Å². The van der Waals surface area contributed by atoms with E-state index in [4.69, 9.17) is 0 Å². The van der Waals surface area contributed by atoms with Crippen molar-refractivity contribution < 1.29 is 8.42 Å². The van der Waals surface area contributed by atoms with Gasteiger partial charge in [0, 0.05) is 17.6 Å². The second-order valence-corrected chi connectivity index (χ2v) is 8.73. The third-order valence-electron chi connectivity index (χ3n) is 3.50. The summed E-state index contributed by atoms with van der Waals surface area (Å²) in [7, 11) is -1.44. The van der Waals surface area contributed by atoms with Gasteiger partial charge in [0.15, 0.2) is 5.79 Å². The maximum Gasteiger partial charge on any atom is 0.212 e. The number of sulfonamides is 1. The molecule has 0 fully saturated rings. The largest absolute Gasteiger partial charge is 0.351 e. The Morgan fingerprint density at radius 3 is 2.36 bits per heavy atom. The van der Waals surface area contributed by atoms with Crippen LogP contribution in [0.1, 0.15) is 20.8 Å². The van der Waals surface area contributed by atoms with Crippen molar-refractivity contribution in [1.82, 2.24) is 14.9 Å². The van der Waals surface area contributed by atoms with E-state index in [9.17, 15) is 8.42 Å². The van der Waals surface area contributed by atoms with Gasteiger partial charge in [-0.25, -0.2) is 8.42 Å². The van der Waals surface area contributed by atoms with Gasteiger partial charge in [-0.15, -0.1) is 0 Å². The first-order chi connectivity index (χ1) is 10.1. The number of nitrogens with one attached hydrogen (secondary N) is 2. The highest BCUT2D eigenvalue weighted by molar-refractivity contribution is 8.03. The molecule has 2 N–H and O–H groups in total. The van der Waals surface area contributed by atoms with Crippen molar-refractivity contribution >= 4 is 21.8 Å². The van der Waals surface area contributed by atoms with Crippen LogP contribution in [0.15, 0.2) is 46.0 Å². The van der Waals surface area contributed by atoms with Gasteiger partial charge in [0.2, 0.25) is 10.0 Å². The van der Waals surface area contributed by atoms with Crippen LogP contribution in [-0.4, -0.2) is 32.4 Å². The molecule has 0 bridgehead atoms. The smallest absolute Gasteiger partial charge is 0.212 e. The highest BCUT2D eigenvalue weighted by atomic mass is 32.2. The average molecular weight is 342 g/mol. The van der Waals surface area contributed by atoms with Crippen molar-refractivity contribution in [3.05, 3.63) is 41.1 Å². The Morgan fingerprint density at radius 2 is 1.86 bits per heavy atom. The molecule has 0 amide bonds. The molecule has 0 saturated carbocycles. The minimum Gasteiger partial charge on any atom is -0.351 e. The predicted molar refractivity (Wildman–Crippen MR) is 91.4 cm³/mol. The standard InChI is InChI=1S/C15H23N3O2S2/c1-11(2)13-14(21-12-9-7-6-8-10-12)18(4)15(3,16-13)17-22(5,19)20/h6-11,16-17H,1-5H3. The Morgan fingerprint density at radius 1 is 1.27 bits per heavy atom. The SMILES string of the molecule is CC(C)C1=C(Sc2ccccc2)N(C)C(C)(NS(C)(=O)=O)N1. The number of thioether (sulfide) groups is 1. The summed E-state index contributed by atoms with van der Waals surface area (Å²) in [6, 6.07) is 10.1. The van der Waals surface area contributed by atoms with E-state index in [0.29, 0.717) is 0 Å². The molecule has 2 rings (SSSR count). The van der Waals surface area contributed by atoms with E-state index in [2.05, 4.69) is 23.9 Å². The maximum atomic E-state index is 11.7. The highest BCUT2D eigenvalue weighted by Crippen LogP contribution is 2.39. The lowest BCUT2D eigenvalue weighted by atomic mass is 10.1. The third kappa shape index (κ3) is 3.77. The number of hydrogen-bond donors (Lipinski definition) is 2. The minimum absolute atomic E-state index is 0.261. The molecule has 5 nitrogen and oxygen atoms in total. The number of allylic oxidation sites excluding steroid dienone is 1. The number of benzene rings is 1. The summed E-state index contributed by atoms with van der Waals surface area (Å²) >= 11 is 1.63. The van der Waals surface area contributed by atoms with Crippen LogP contribution in [0.3, 0.4) is 0 Å². The van der Waals surface area contributed by atoms with Crippen LogP contribution in [0.4, 0.5) is 0 Å². The van der Waals surface area contributed by atoms with Crippen molar-refractivity contribution in [3.8, 4) is 0 Å². The van der Waals surface area contributed by atoms with Crippen molar-refractivity contribution in [2.24, 2.45) is 5.92 Å². The third-order valence-corrected chi connectivity index (χ3v) is 5.47. The Labute approximate surface area is 137 Å². The topological polar surface area (TPSA) is 61.4 Å². The average Bonchev–Trinajstić information content (AvgIpc) is 2.63. The van der Waals surface area contributed by atoms with E-state index in [1.54, 1.807) is 11.8 Å². The lowest BCUT2D eigenvalue weighted by Crippen LogP contribution is -2.61. The van der Waals surface area contributed by atoms with Gasteiger partial charge < -0.3 is 10.2 Å². The van der Waals surface area contributed by atoms with Crippen LogP contribution in [0.2, 0.25) is 0 Å². The summed E-state index contributed by atoms with van der Waals surface area (Å²) in [5, 5.41) is 4.37. The molecular weight excluding hydrogens is 318 g/mol. The lowest BCUT2D eigenvalue weighted by molar-refractivity contribution is 0.175. The molecule has 22 heavy (non-hydrogen) atoms. The van der Waals surface area contributed by atoms with Crippen LogP contribution < -0.4 is 10.0 Å². The van der Waals surface area contributed by atoms with E-state index in [-0.39, 0.29) is 5.92 Å². The summed E-state index contributed by atoms with van der Waals surface area (Å²) < 4.78 is 26.0. The van der Waals surface area contributed by atoms with Crippen LogP contribution >= 0.6 is 11.8 Å². The molecule has 1 unspecified atom stereocenters. The van der Waals surface area contributed by atoms with Gasteiger partial charge in [-0.05, 0) is 25.0 Å². The highest BCUT2D eigenvalue weighted by Gasteiger charge is 2.42. The zero-order valence-electron chi connectivity index (χ0n) is 13.5. The quantitative estimate of drug-likeness (QED) is 0.861. The van der Waals surface area contributed by atoms with Crippen molar-refractivity contribution in [3.63, 3.8) is 0 Å². The van der Waals surface area contributed by atoms with Crippen LogP contribution in [0, 0.1) is 5.92 Å². The molecule has 0 radical (unpaired) electrons. The van der Waals surface area contributed by atoms with Gasteiger partial charge in [-0.1, -0.05) is 43.8 Å². The first kappa shape index (κ1) is 17.2. The van der Waals surface area contributed by atoms with Gasteiger partial charge in [-0.2, -0.15) is 4.72 Å². The maximum absolute atomic E-state index is 11.7. The van der Waals surface area contributed by atoms with Crippen molar-refractivity contribution in [2.75, 3.05) is 13.3 Å². The second kappa shape index (κ2) is 6.14. The second-order valence-electron chi connectivity index (χ2n) is 5.92. The molecule has 0 aliphatic carbocycles. The number of nitrogens with zero attached hydrogens (tertiary/aromatic N) is 1. The molecule has 1 aromatic carbocycles. The van der Waals surface area contributed by atoms with Gasteiger partial charge >= 0.3 is 0 Å². The lowest BCUT2D eigenvalue weighted by Gasteiger charge is -2.35. The molecule has 1 aliphatic heterocycles. The Kier molecular flexibility index (Phi) is 4.79. The fourth-order valence-corrected chi connectivity index (χ4v) is 4.50.